The van der Waals surface area contributed by atoms with Gasteiger partial charge in [0.2, 0.25) is 0 Å². The van der Waals surface area contributed by atoms with Gasteiger partial charge in [-0.1, -0.05) is 6.92 Å². The molecule has 1 aromatic rings. The van der Waals surface area contributed by atoms with Crippen LogP contribution in [0.3, 0.4) is 0 Å². The normalized spacial score (nSPS) is 12.2. The average molecular weight is 244 g/mol. The van der Waals surface area contributed by atoms with Gasteiger partial charge < -0.3 is 16.2 Å². The maximum absolute atomic E-state index is 13.0. The van der Waals surface area contributed by atoms with Crippen LogP contribution in [0.2, 0.25) is 0 Å². The van der Waals surface area contributed by atoms with Crippen LogP contribution in [0.5, 0.6) is 0 Å². The average Bonchev–Trinajstić information content (AvgIpc) is 2.30. The number of rotatable bonds is 4. The Bertz CT molecular complexity index is 420. The summed E-state index contributed by atoms with van der Waals surface area (Å²) < 4.78 is 25.8. The quantitative estimate of drug-likeness (QED) is 0.693. The van der Waals surface area contributed by atoms with Gasteiger partial charge in [0, 0.05) is 11.8 Å². The van der Waals surface area contributed by atoms with Crippen molar-refractivity contribution < 1.29 is 18.7 Å². The summed E-state index contributed by atoms with van der Waals surface area (Å²) in [5, 5.41) is 11.4. The second-order valence-electron chi connectivity index (χ2n) is 3.61. The number of benzene rings is 1. The third-order valence-electron chi connectivity index (χ3n) is 2.39. The summed E-state index contributed by atoms with van der Waals surface area (Å²) >= 11 is 0. The molecule has 0 saturated heterocycles. The zero-order valence-electron chi connectivity index (χ0n) is 9.34. The SMILES string of the molecule is CC[C@H](CO)NC(=O)c1cc(F)c(F)cc1N. The first-order valence-electron chi connectivity index (χ1n) is 5.15. The van der Waals surface area contributed by atoms with Gasteiger partial charge >= 0.3 is 0 Å². The summed E-state index contributed by atoms with van der Waals surface area (Å²) in [5.41, 5.74) is 5.13. The molecule has 6 heteroatoms. The highest BCUT2D eigenvalue weighted by atomic mass is 19.2. The van der Waals surface area contributed by atoms with E-state index in [0.717, 1.165) is 12.1 Å². The molecule has 1 aromatic carbocycles. The van der Waals surface area contributed by atoms with Crippen molar-refractivity contribution in [3.63, 3.8) is 0 Å². The fourth-order valence-corrected chi connectivity index (χ4v) is 1.30. The van der Waals surface area contributed by atoms with E-state index in [4.69, 9.17) is 10.8 Å². The van der Waals surface area contributed by atoms with Gasteiger partial charge in [0.05, 0.1) is 18.2 Å². The van der Waals surface area contributed by atoms with Crippen molar-refractivity contribution >= 4 is 11.6 Å². The maximum Gasteiger partial charge on any atom is 0.253 e. The summed E-state index contributed by atoms with van der Waals surface area (Å²) in [6.07, 6.45) is 0.520. The van der Waals surface area contributed by atoms with Crippen LogP contribution in [0.15, 0.2) is 12.1 Å². The number of aliphatic hydroxyl groups is 1. The van der Waals surface area contributed by atoms with Crippen LogP contribution < -0.4 is 11.1 Å². The largest absolute Gasteiger partial charge is 0.398 e. The Morgan fingerprint density at radius 1 is 1.47 bits per heavy atom. The predicted octanol–water partition coefficient (Wildman–Crippen LogP) is 1.05. The lowest BCUT2D eigenvalue weighted by molar-refractivity contribution is 0.0915. The molecular weight excluding hydrogens is 230 g/mol. The molecule has 94 valence electrons. The molecule has 0 heterocycles. The van der Waals surface area contributed by atoms with Gasteiger partial charge in [-0.2, -0.15) is 0 Å². The van der Waals surface area contributed by atoms with E-state index in [2.05, 4.69) is 5.32 Å². The van der Waals surface area contributed by atoms with E-state index >= 15 is 0 Å². The summed E-state index contributed by atoms with van der Waals surface area (Å²) in [5.74, 6) is -2.88. The minimum atomic E-state index is -1.14. The number of aliphatic hydroxyl groups excluding tert-OH is 1. The number of nitrogens with two attached hydrogens (primary N) is 1. The molecule has 0 radical (unpaired) electrons. The summed E-state index contributed by atoms with van der Waals surface area (Å²) in [6, 6.07) is 1.06. The Kier molecular flexibility index (Phi) is 4.39. The minimum absolute atomic E-state index is 0.143. The van der Waals surface area contributed by atoms with Gasteiger partial charge in [-0.25, -0.2) is 8.78 Å². The molecule has 17 heavy (non-hydrogen) atoms. The van der Waals surface area contributed by atoms with Crippen molar-refractivity contribution in [3.8, 4) is 0 Å². The Hall–Kier alpha value is -1.69. The number of nitrogens with one attached hydrogen (secondary N) is 1. The van der Waals surface area contributed by atoms with E-state index in [9.17, 15) is 13.6 Å². The molecule has 0 fully saturated rings. The summed E-state index contributed by atoms with van der Waals surface area (Å²) in [6.45, 7) is 1.54. The Labute approximate surface area is 97.4 Å². The van der Waals surface area contributed by atoms with Crippen LogP contribution in [0, 0.1) is 11.6 Å². The second-order valence-corrected chi connectivity index (χ2v) is 3.61. The van der Waals surface area contributed by atoms with E-state index < -0.39 is 23.6 Å². The topological polar surface area (TPSA) is 75.3 Å². The molecule has 0 aromatic heterocycles. The molecule has 0 aliphatic carbocycles. The Balaban J connectivity index is 2.93. The summed E-state index contributed by atoms with van der Waals surface area (Å²) in [4.78, 5) is 11.7. The van der Waals surface area contributed by atoms with Crippen LogP contribution in [-0.4, -0.2) is 23.7 Å². The van der Waals surface area contributed by atoms with Crippen LogP contribution in [0.1, 0.15) is 23.7 Å². The number of amides is 1. The van der Waals surface area contributed by atoms with E-state index in [-0.39, 0.29) is 17.9 Å². The number of hydrogen-bond donors (Lipinski definition) is 3. The highest BCUT2D eigenvalue weighted by molar-refractivity contribution is 5.99. The van der Waals surface area contributed by atoms with Crippen molar-refractivity contribution in [2.75, 3.05) is 12.3 Å². The third-order valence-corrected chi connectivity index (χ3v) is 2.39. The van der Waals surface area contributed by atoms with Gasteiger partial charge in [-0.15, -0.1) is 0 Å². The third kappa shape index (κ3) is 3.13. The second kappa shape index (κ2) is 5.58. The van der Waals surface area contributed by atoms with E-state index in [0.29, 0.717) is 6.42 Å². The summed E-state index contributed by atoms with van der Waals surface area (Å²) in [7, 11) is 0. The van der Waals surface area contributed by atoms with Crippen molar-refractivity contribution in [2.45, 2.75) is 19.4 Å². The lowest BCUT2D eigenvalue weighted by Gasteiger charge is -2.15. The number of halogens is 2. The van der Waals surface area contributed by atoms with Gasteiger partial charge in [0.15, 0.2) is 11.6 Å². The van der Waals surface area contributed by atoms with Crippen LogP contribution in [0.25, 0.3) is 0 Å². The van der Waals surface area contributed by atoms with E-state index in [1.807, 2.05) is 0 Å². The smallest absolute Gasteiger partial charge is 0.253 e. The molecule has 0 spiro atoms. The van der Waals surface area contributed by atoms with Crippen molar-refractivity contribution in [1.29, 1.82) is 0 Å². The highest BCUT2D eigenvalue weighted by Gasteiger charge is 2.16. The molecule has 0 saturated carbocycles. The van der Waals surface area contributed by atoms with Gasteiger partial charge in [-0.3, -0.25) is 4.79 Å². The van der Waals surface area contributed by atoms with Crippen molar-refractivity contribution in [1.82, 2.24) is 5.32 Å². The number of carbonyl (C=O) groups excluding carboxylic acids is 1. The number of anilines is 1. The Morgan fingerprint density at radius 2 is 2.06 bits per heavy atom. The molecule has 4 N–H and O–H groups in total. The lowest BCUT2D eigenvalue weighted by atomic mass is 10.1. The molecular formula is C11H14F2N2O2. The number of hydrogen-bond acceptors (Lipinski definition) is 3. The molecule has 4 nitrogen and oxygen atoms in total. The van der Waals surface area contributed by atoms with Gasteiger partial charge in [-0.05, 0) is 12.5 Å². The fourth-order valence-electron chi connectivity index (χ4n) is 1.30. The number of carbonyl (C=O) groups is 1. The van der Waals surface area contributed by atoms with Crippen LogP contribution in [0.4, 0.5) is 14.5 Å². The van der Waals surface area contributed by atoms with E-state index in [1.165, 1.54) is 0 Å². The maximum atomic E-state index is 13.0. The molecule has 1 atom stereocenters. The molecule has 1 rings (SSSR count). The molecule has 0 aliphatic heterocycles. The van der Waals surface area contributed by atoms with Crippen molar-refractivity contribution in [3.05, 3.63) is 29.3 Å². The zero-order valence-corrected chi connectivity index (χ0v) is 9.34. The lowest BCUT2D eigenvalue weighted by Crippen LogP contribution is -2.37. The fraction of sp³-hybridized carbons (Fsp3) is 0.364. The first-order chi connectivity index (χ1) is 7.99. The standard InChI is InChI=1S/C11H14F2N2O2/c1-2-6(5-16)15-11(17)7-3-8(12)9(13)4-10(7)14/h3-4,6,16H,2,5,14H2,1H3,(H,15,17)/t6-/m1/s1. The number of nitrogen functional groups attached to an aromatic ring is 1. The van der Waals surface area contributed by atoms with Gasteiger partial charge in [0.25, 0.3) is 5.91 Å². The minimum Gasteiger partial charge on any atom is -0.398 e. The van der Waals surface area contributed by atoms with Crippen molar-refractivity contribution in [2.24, 2.45) is 0 Å². The monoisotopic (exact) mass is 244 g/mol. The zero-order chi connectivity index (χ0) is 13.0. The molecule has 0 bridgehead atoms. The highest BCUT2D eigenvalue weighted by Crippen LogP contribution is 2.17. The first kappa shape index (κ1) is 13.4. The van der Waals surface area contributed by atoms with Crippen LogP contribution >= 0.6 is 0 Å². The first-order valence-corrected chi connectivity index (χ1v) is 5.15. The molecule has 0 aliphatic rings. The predicted molar refractivity (Wildman–Crippen MR) is 59.4 cm³/mol. The van der Waals surface area contributed by atoms with Gasteiger partial charge in [0.1, 0.15) is 0 Å². The molecule has 0 unspecified atom stereocenters. The Morgan fingerprint density at radius 3 is 2.59 bits per heavy atom. The van der Waals surface area contributed by atoms with Crippen LogP contribution in [-0.2, 0) is 0 Å². The molecule has 1 amide bonds. The van der Waals surface area contributed by atoms with E-state index in [1.54, 1.807) is 6.92 Å².